The van der Waals surface area contributed by atoms with Gasteiger partial charge in [-0.1, -0.05) is 35.0 Å². The van der Waals surface area contributed by atoms with Gasteiger partial charge in [0.25, 0.3) is 0 Å². The molecule has 0 aromatic heterocycles. The first-order valence-electron chi connectivity index (χ1n) is 9.63. The molecule has 162 valence electrons. The van der Waals surface area contributed by atoms with E-state index in [0.717, 1.165) is 5.56 Å². The SMILES string of the molecule is COc1ccc(C2=NOC(=O)/C2=C\c2ccc(OS(=O)(=O)c3ccc(C)cc3)cc2)cc1. The van der Waals surface area contributed by atoms with Crippen molar-refractivity contribution in [2.45, 2.75) is 11.8 Å². The van der Waals surface area contributed by atoms with E-state index in [-0.39, 0.29) is 16.2 Å². The van der Waals surface area contributed by atoms with Crippen molar-refractivity contribution in [3.05, 3.63) is 95.1 Å². The van der Waals surface area contributed by atoms with Crippen LogP contribution in [0.3, 0.4) is 0 Å². The third kappa shape index (κ3) is 4.55. The average Bonchev–Trinajstić information content (AvgIpc) is 3.15. The number of aryl methyl sites for hydroxylation is 1. The van der Waals surface area contributed by atoms with Gasteiger partial charge >= 0.3 is 16.1 Å². The van der Waals surface area contributed by atoms with E-state index < -0.39 is 16.1 Å². The van der Waals surface area contributed by atoms with Crippen molar-refractivity contribution in [2.24, 2.45) is 5.16 Å². The molecule has 0 fully saturated rings. The van der Waals surface area contributed by atoms with Crippen molar-refractivity contribution >= 4 is 27.9 Å². The van der Waals surface area contributed by atoms with Gasteiger partial charge in [0.2, 0.25) is 0 Å². The van der Waals surface area contributed by atoms with Crippen molar-refractivity contribution in [1.29, 1.82) is 0 Å². The second-order valence-corrected chi connectivity index (χ2v) is 8.57. The van der Waals surface area contributed by atoms with Gasteiger partial charge < -0.3 is 13.8 Å². The number of rotatable bonds is 6. The summed E-state index contributed by atoms with van der Waals surface area (Å²) in [6.45, 7) is 1.87. The van der Waals surface area contributed by atoms with E-state index in [1.165, 1.54) is 24.3 Å². The number of ether oxygens (including phenoxy) is 1. The lowest BCUT2D eigenvalue weighted by atomic mass is 10.0. The van der Waals surface area contributed by atoms with Crippen LogP contribution >= 0.6 is 0 Å². The maximum absolute atomic E-state index is 12.4. The van der Waals surface area contributed by atoms with Crippen molar-refractivity contribution in [2.75, 3.05) is 7.11 Å². The molecule has 1 aliphatic rings. The second-order valence-electron chi connectivity index (χ2n) is 7.02. The number of benzene rings is 3. The highest BCUT2D eigenvalue weighted by molar-refractivity contribution is 7.87. The molecule has 3 aromatic rings. The molecule has 32 heavy (non-hydrogen) atoms. The Balaban J connectivity index is 1.54. The number of carbonyl (C=O) groups excluding carboxylic acids is 1. The van der Waals surface area contributed by atoms with Crippen LogP contribution in [0.1, 0.15) is 16.7 Å². The molecule has 0 radical (unpaired) electrons. The molecule has 0 amide bonds. The molecule has 0 unspecified atom stereocenters. The molecular formula is C24H19NO6S. The first-order valence-corrected chi connectivity index (χ1v) is 11.0. The van der Waals surface area contributed by atoms with Gasteiger partial charge in [-0.15, -0.1) is 0 Å². The summed E-state index contributed by atoms with van der Waals surface area (Å²) < 4.78 is 35.2. The molecule has 0 atom stereocenters. The summed E-state index contributed by atoms with van der Waals surface area (Å²) in [7, 11) is -2.37. The molecule has 0 N–H and O–H groups in total. The van der Waals surface area contributed by atoms with E-state index in [1.54, 1.807) is 61.7 Å². The molecule has 0 bridgehead atoms. The Kier molecular flexibility index (Phi) is 5.79. The molecule has 8 heteroatoms. The minimum atomic E-state index is -3.94. The topological polar surface area (TPSA) is 91.3 Å². The van der Waals surface area contributed by atoms with Gasteiger partial charge in [-0.2, -0.15) is 8.42 Å². The van der Waals surface area contributed by atoms with E-state index >= 15 is 0 Å². The average molecular weight is 449 g/mol. The summed E-state index contributed by atoms with van der Waals surface area (Å²) >= 11 is 0. The molecule has 7 nitrogen and oxygen atoms in total. The maximum atomic E-state index is 12.4. The second kappa shape index (κ2) is 8.68. The van der Waals surface area contributed by atoms with E-state index in [0.29, 0.717) is 22.6 Å². The molecule has 0 aliphatic carbocycles. The minimum absolute atomic E-state index is 0.0725. The predicted octanol–water partition coefficient (Wildman–Crippen LogP) is 4.12. The van der Waals surface area contributed by atoms with Gasteiger partial charge in [0.05, 0.1) is 12.7 Å². The quantitative estimate of drug-likeness (QED) is 0.319. The zero-order valence-corrected chi connectivity index (χ0v) is 18.1. The Morgan fingerprint density at radius 3 is 2.12 bits per heavy atom. The maximum Gasteiger partial charge on any atom is 0.368 e. The number of hydrogen-bond acceptors (Lipinski definition) is 7. The van der Waals surface area contributed by atoms with Gasteiger partial charge in [-0.25, -0.2) is 4.79 Å². The lowest BCUT2D eigenvalue weighted by molar-refractivity contribution is -0.136. The summed E-state index contributed by atoms with van der Waals surface area (Å²) in [5.74, 6) is 0.269. The van der Waals surface area contributed by atoms with Gasteiger partial charge in [-0.3, -0.25) is 0 Å². The zero-order chi connectivity index (χ0) is 22.7. The molecule has 1 aliphatic heterocycles. The monoisotopic (exact) mass is 449 g/mol. The highest BCUT2D eigenvalue weighted by atomic mass is 32.2. The fourth-order valence-electron chi connectivity index (χ4n) is 3.03. The number of nitrogens with zero attached hydrogens (tertiary/aromatic N) is 1. The Morgan fingerprint density at radius 2 is 1.50 bits per heavy atom. The first kappa shape index (κ1) is 21.3. The van der Waals surface area contributed by atoms with E-state index in [2.05, 4.69) is 5.16 Å². The van der Waals surface area contributed by atoms with Gasteiger partial charge in [0.15, 0.2) is 0 Å². The molecule has 0 saturated carbocycles. The fraction of sp³-hybridized carbons (Fsp3) is 0.0833. The van der Waals surface area contributed by atoms with Crippen LogP contribution in [0.4, 0.5) is 0 Å². The van der Waals surface area contributed by atoms with Crippen LogP contribution in [-0.2, 0) is 19.8 Å². The molecular weight excluding hydrogens is 430 g/mol. The van der Waals surface area contributed by atoms with Crippen LogP contribution in [0.5, 0.6) is 11.5 Å². The van der Waals surface area contributed by atoms with Crippen molar-refractivity contribution in [1.82, 2.24) is 0 Å². The smallest absolute Gasteiger partial charge is 0.368 e. The first-order chi connectivity index (χ1) is 15.4. The Bertz CT molecular complexity index is 1310. The highest BCUT2D eigenvalue weighted by Gasteiger charge is 2.27. The fourth-order valence-corrected chi connectivity index (χ4v) is 3.96. The lowest BCUT2D eigenvalue weighted by Crippen LogP contribution is -2.09. The van der Waals surface area contributed by atoms with Crippen LogP contribution < -0.4 is 8.92 Å². The van der Waals surface area contributed by atoms with E-state index in [9.17, 15) is 13.2 Å². The highest BCUT2D eigenvalue weighted by Crippen LogP contribution is 2.24. The summed E-state index contributed by atoms with van der Waals surface area (Å²) in [5, 5.41) is 3.88. The zero-order valence-electron chi connectivity index (χ0n) is 17.3. The van der Waals surface area contributed by atoms with Crippen molar-refractivity contribution in [3.8, 4) is 11.5 Å². The predicted molar refractivity (Wildman–Crippen MR) is 119 cm³/mol. The molecule has 1 heterocycles. The minimum Gasteiger partial charge on any atom is -0.497 e. The van der Waals surface area contributed by atoms with Gasteiger partial charge in [0.1, 0.15) is 22.1 Å². The number of carbonyl (C=O) groups is 1. The Hall–Kier alpha value is -3.91. The van der Waals surface area contributed by atoms with Crippen LogP contribution in [0.15, 0.2) is 88.4 Å². The summed E-state index contributed by atoms with van der Waals surface area (Å²) in [4.78, 5) is 17.1. The van der Waals surface area contributed by atoms with Crippen LogP contribution in [0.2, 0.25) is 0 Å². The number of methoxy groups -OCH3 is 1. The molecule has 3 aromatic carbocycles. The number of oxime groups is 1. The molecule has 0 spiro atoms. The third-order valence-corrected chi connectivity index (χ3v) is 6.03. The van der Waals surface area contributed by atoms with E-state index in [4.69, 9.17) is 13.8 Å². The summed E-state index contributed by atoms with van der Waals surface area (Å²) in [6, 6.07) is 19.8. The molecule has 4 rings (SSSR count). The Morgan fingerprint density at radius 1 is 0.875 bits per heavy atom. The van der Waals surface area contributed by atoms with Crippen LogP contribution in [-0.4, -0.2) is 27.2 Å². The largest absolute Gasteiger partial charge is 0.497 e. The van der Waals surface area contributed by atoms with Crippen molar-refractivity contribution < 1.29 is 27.0 Å². The summed E-state index contributed by atoms with van der Waals surface area (Å²) in [5.41, 5.74) is 2.99. The van der Waals surface area contributed by atoms with Crippen LogP contribution in [0, 0.1) is 6.92 Å². The number of hydrogen-bond donors (Lipinski definition) is 0. The van der Waals surface area contributed by atoms with Crippen LogP contribution in [0.25, 0.3) is 6.08 Å². The normalized spacial score (nSPS) is 14.8. The standard InChI is InChI=1S/C24H19NO6S/c1-16-3-13-21(14-4-16)32(27,28)31-20-9-5-17(6-10-20)15-22-23(25-30-24(22)26)18-7-11-19(29-2)12-8-18/h3-15H,1-2H3/b22-15-. The summed E-state index contributed by atoms with van der Waals surface area (Å²) in [6.07, 6.45) is 1.62. The lowest BCUT2D eigenvalue weighted by Gasteiger charge is -2.08. The molecule has 0 saturated heterocycles. The Labute approximate surface area is 185 Å². The van der Waals surface area contributed by atoms with Gasteiger partial charge in [-0.05, 0) is 67.1 Å². The van der Waals surface area contributed by atoms with Gasteiger partial charge in [0, 0.05) is 5.56 Å². The third-order valence-electron chi connectivity index (χ3n) is 4.77. The van der Waals surface area contributed by atoms with E-state index in [1.807, 2.05) is 6.92 Å². The van der Waals surface area contributed by atoms with Crippen molar-refractivity contribution in [3.63, 3.8) is 0 Å².